The van der Waals surface area contributed by atoms with E-state index in [4.69, 9.17) is 15.5 Å². The molecule has 0 aromatic rings. The van der Waals surface area contributed by atoms with Gasteiger partial charge in [0, 0.05) is 0 Å². The molecule has 6 N–H and O–H groups in total. The minimum absolute atomic E-state index is 0.788. The van der Waals surface area contributed by atoms with Crippen LogP contribution >= 0.6 is 7.82 Å². The molecule has 0 rings (SSSR count). The first kappa shape index (κ1) is 25.7. The zero-order valence-electron chi connectivity index (χ0n) is 16.0. The van der Waals surface area contributed by atoms with E-state index in [1.165, 1.54) is 63.9 Å². The largest absolute Gasteiger partial charge is 0.471 e. The molecule has 0 aromatic heterocycles. The molecule has 0 aliphatic rings. The Hall–Kier alpha value is -0.270. The van der Waals surface area contributed by atoms with E-state index < -0.39 is 26.3 Å². The summed E-state index contributed by atoms with van der Waals surface area (Å²) in [7, 11) is -4.84. The van der Waals surface area contributed by atoms with Crippen LogP contribution in [0.2, 0.25) is 0 Å². The standard InChI is InChI=1S/C18H38NO6P/c1-2-3-4-5-6-7-8-9-10-11-12-13-14-15-16(20)17(19)18(21)25-26(22,23)24/h14-18,20-21H,2-13,19H2,1H3,(H2,22,23,24). The molecule has 0 radical (unpaired) electrons. The summed E-state index contributed by atoms with van der Waals surface area (Å²) in [6, 6.07) is -1.32. The van der Waals surface area contributed by atoms with E-state index in [1.807, 2.05) is 0 Å². The minimum atomic E-state index is -4.84. The average Bonchev–Trinajstić information content (AvgIpc) is 2.56. The molecule has 0 aromatic carbocycles. The van der Waals surface area contributed by atoms with Gasteiger partial charge in [0.2, 0.25) is 0 Å². The molecule has 3 atom stereocenters. The number of hydrogen-bond donors (Lipinski definition) is 5. The predicted molar refractivity (Wildman–Crippen MR) is 103 cm³/mol. The van der Waals surface area contributed by atoms with E-state index in [0.29, 0.717) is 0 Å². The highest BCUT2D eigenvalue weighted by molar-refractivity contribution is 7.46. The van der Waals surface area contributed by atoms with E-state index in [1.54, 1.807) is 6.08 Å². The second-order valence-electron chi connectivity index (χ2n) is 6.81. The molecule has 0 aliphatic heterocycles. The topological polar surface area (TPSA) is 133 Å². The molecule has 0 spiro atoms. The Bertz CT molecular complexity index is 401. The maximum Gasteiger partial charge on any atom is 0.471 e. The van der Waals surface area contributed by atoms with Crippen LogP contribution in [0.5, 0.6) is 0 Å². The van der Waals surface area contributed by atoms with Gasteiger partial charge in [-0.1, -0.05) is 83.3 Å². The molecule has 156 valence electrons. The lowest BCUT2D eigenvalue weighted by Gasteiger charge is -2.21. The van der Waals surface area contributed by atoms with Crippen LogP contribution in [0.25, 0.3) is 0 Å². The lowest BCUT2D eigenvalue weighted by Crippen LogP contribution is -2.44. The smallest absolute Gasteiger partial charge is 0.387 e. The molecule has 0 aliphatic carbocycles. The second-order valence-corrected chi connectivity index (χ2v) is 8.00. The molecular formula is C18H38NO6P. The fraction of sp³-hybridized carbons (Fsp3) is 0.889. The first-order valence-electron chi connectivity index (χ1n) is 9.80. The Morgan fingerprint density at radius 3 is 1.85 bits per heavy atom. The van der Waals surface area contributed by atoms with Crippen molar-refractivity contribution in [2.75, 3.05) is 0 Å². The van der Waals surface area contributed by atoms with Gasteiger partial charge in [0.25, 0.3) is 0 Å². The quantitative estimate of drug-likeness (QED) is 0.110. The zero-order valence-corrected chi connectivity index (χ0v) is 16.9. The summed E-state index contributed by atoms with van der Waals surface area (Å²) < 4.78 is 14.7. The maximum absolute atomic E-state index is 10.6. The van der Waals surface area contributed by atoms with Crippen molar-refractivity contribution >= 4 is 7.82 Å². The van der Waals surface area contributed by atoms with E-state index in [-0.39, 0.29) is 0 Å². The van der Waals surface area contributed by atoms with Crippen molar-refractivity contribution in [3.63, 3.8) is 0 Å². The summed E-state index contributed by atoms with van der Waals surface area (Å²) in [6.45, 7) is 2.23. The molecular weight excluding hydrogens is 357 g/mol. The van der Waals surface area contributed by atoms with E-state index in [0.717, 1.165) is 19.3 Å². The lowest BCUT2D eigenvalue weighted by atomic mass is 10.0. The summed E-state index contributed by atoms with van der Waals surface area (Å²) in [5, 5.41) is 19.2. The number of nitrogens with two attached hydrogens (primary N) is 1. The van der Waals surface area contributed by atoms with E-state index >= 15 is 0 Å². The van der Waals surface area contributed by atoms with Crippen LogP contribution in [0.4, 0.5) is 0 Å². The van der Waals surface area contributed by atoms with Crippen molar-refractivity contribution in [2.45, 2.75) is 102 Å². The van der Waals surface area contributed by atoms with Crippen LogP contribution in [0.15, 0.2) is 12.2 Å². The van der Waals surface area contributed by atoms with E-state index in [2.05, 4.69) is 11.4 Å². The number of phosphoric acid groups is 1. The van der Waals surface area contributed by atoms with Crippen molar-refractivity contribution in [3.8, 4) is 0 Å². The molecule has 0 bridgehead atoms. The molecule has 0 heterocycles. The molecule has 26 heavy (non-hydrogen) atoms. The highest BCUT2D eigenvalue weighted by atomic mass is 31.2. The van der Waals surface area contributed by atoms with Crippen LogP contribution in [-0.4, -0.2) is 38.4 Å². The number of allylic oxidation sites excluding steroid dienone is 1. The average molecular weight is 395 g/mol. The Labute approximate surface area is 157 Å². The van der Waals surface area contributed by atoms with E-state index in [9.17, 15) is 14.8 Å². The van der Waals surface area contributed by atoms with Gasteiger partial charge in [0.05, 0.1) is 12.1 Å². The normalized spacial score (nSPS) is 16.1. The third-order valence-corrected chi connectivity index (χ3v) is 4.77. The summed E-state index contributed by atoms with van der Waals surface area (Å²) >= 11 is 0. The summed E-state index contributed by atoms with van der Waals surface area (Å²) in [4.78, 5) is 17.2. The zero-order chi connectivity index (χ0) is 19.8. The molecule has 0 saturated carbocycles. The van der Waals surface area contributed by atoms with Crippen LogP contribution < -0.4 is 5.73 Å². The highest BCUT2D eigenvalue weighted by Crippen LogP contribution is 2.37. The molecule has 8 heteroatoms. The number of hydrogen-bond acceptors (Lipinski definition) is 5. The van der Waals surface area contributed by atoms with Crippen LogP contribution in [0.1, 0.15) is 84.0 Å². The van der Waals surface area contributed by atoms with Crippen LogP contribution in [-0.2, 0) is 9.09 Å². The lowest BCUT2D eigenvalue weighted by molar-refractivity contribution is -0.0727. The summed E-state index contributed by atoms with van der Waals surface area (Å²) in [5.74, 6) is 0. The highest BCUT2D eigenvalue weighted by Gasteiger charge is 2.28. The Morgan fingerprint density at radius 1 is 0.923 bits per heavy atom. The Kier molecular flexibility index (Phi) is 15.6. The molecule has 3 unspecified atom stereocenters. The monoisotopic (exact) mass is 395 g/mol. The first-order valence-corrected chi connectivity index (χ1v) is 11.3. The fourth-order valence-corrected chi connectivity index (χ4v) is 3.09. The summed E-state index contributed by atoms with van der Waals surface area (Å²) in [5.41, 5.74) is 5.50. The minimum Gasteiger partial charge on any atom is -0.387 e. The van der Waals surface area contributed by atoms with Gasteiger partial charge in [0.1, 0.15) is 0 Å². The van der Waals surface area contributed by atoms with Gasteiger partial charge < -0.3 is 25.7 Å². The number of rotatable bonds is 17. The number of phosphoric ester groups is 1. The molecule has 0 fully saturated rings. The molecule has 0 saturated heterocycles. The van der Waals surface area contributed by atoms with Crippen molar-refractivity contribution in [2.24, 2.45) is 5.73 Å². The van der Waals surface area contributed by atoms with Crippen molar-refractivity contribution in [1.82, 2.24) is 0 Å². The first-order chi connectivity index (χ1) is 12.3. The summed E-state index contributed by atoms with van der Waals surface area (Å²) in [6.07, 6.45) is 14.8. The van der Waals surface area contributed by atoms with Crippen LogP contribution in [0.3, 0.4) is 0 Å². The van der Waals surface area contributed by atoms with Crippen molar-refractivity contribution < 1.29 is 29.1 Å². The Balaban J connectivity index is 3.61. The number of aliphatic hydroxyl groups is 2. The van der Waals surface area contributed by atoms with Crippen molar-refractivity contribution in [1.29, 1.82) is 0 Å². The second kappa shape index (κ2) is 15.8. The fourth-order valence-electron chi connectivity index (χ4n) is 2.67. The SMILES string of the molecule is CCCCCCCCCCCCCC=CC(O)C(N)C(O)OP(=O)(O)O. The van der Waals surface area contributed by atoms with Gasteiger partial charge in [-0.2, -0.15) is 0 Å². The van der Waals surface area contributed by atoms with Gasteiger partial charge in [-0.3, -0.25) is 4.52 Å². The molecule has 0 amide bonds. The van der Waals surface area contributed by atoms with Crippen LogP contribution in [0, 0.1) is 0 Å². The molecule has 7 nitrogen and oxygen atoms in total. The Morgan fingerprint density at radius 2 is 1.38 bits per heavy atom. The van der Waals surface area contributed by atoms with Gasteiger partial charge in [0.15, 0.2) is 6.29 Å². The number of unbranched alkanes of at least 4 members (excludes halogenated alkanes) is 11. The predicted octanol–water partition coefficient (Wildman–Crippen LogP) is 3.36. The number of aliphatic hydroxyl groups excluding tert-OH is 2. The maximum atomic E-state index is 10.6. The third-order valence-electron chi connectivity index (χ3n) is 4.28. The van der Waals surface area contributed by atoms with Gasteiger partial charge in [-0.15, -0.1) is 0 Å². The van der Waals surface area contributed by atoms with Gasteiger partial charge in [-0.25, -0.2) is 4.57 Å². The third kappa shape index (κ3) is 15.9. The van der Waals surface area contributed by atoms with Gasteiger partial charge in [-0.05, 0) is 12.8 Å². The van der Waals surface area contributed by atoms with Crippen molar-refractivity contribution in [3.05, 3.63) is 12.2 Å². The van der Waals surface area contributed by atoms with Gasteiger partial charge >= 0.3 is 7.82 Å².